The van der Waals surface area contributed by atoms with E-state index in [2.05, 4.69) is 0 Å². The van der Waals surface area contributed by atoms with Crippen LogP contribution in [0, 0.1) is 5.82 Å². The average Bonchev–Trinajstić information content (AvgIpc) is 3.06. The van der Waals surface area contributed by atoms with E-state index in [1.54, 1.807) is 4.90 Å². The molecular weight excluding hydrogens is 387 g/mol. The van der Waals surface area contributed by atoms with Crippen molar-refractivity contribution in [1.82, 2.24) is 0 Å². The van der Waals surface area contributed by atoms with Crippen molar-refractivity contribution in [2.75, 3.05) is 12.0 Å². The maximum Gasteiger partial charge on any atom is 0.327 e. The Kier molecular flexibility index (Phi) is 5.13. The van der Waals surface area contributed by atoms with Crippen LogP contribution in [0.1, 0.15) is 17.0 Å². The van der Waals surface area contributed by atoms with Gasteiger partial charge in [0, 0.05) is 18.2 Å². The zero-order valence-corrected chi connectivity index (χ0v) is 16.3. The van der Waals surface area contributed by atoms with E-state index in [0.29, 0.717) is 11.3 Å². The summed E-state index contributed by atoms with van der Waals surface area (Å²) in [5.74, 6) is -3.35. The second kappa shape index (κ2) is 7.76. The number of rotatable bonds is 5. The van der Waals surface area contributed by atoms with Gasteiger partial charge in [0.1, 0.15) is 17.9 Å². The molecule has 30 heavy (non-hydrogen) atoms. The van der Waals surface area contributed by atoms with Crippen LogP contribution in [0.4, 0.5) is 10.1 Å². The van der Waals surface area contributed by atoms with Gasteiger partial charge in [-0.3, -0.25) is 4.79 Å². The maximum atomic E-state index is 14.0. The minimum atomic E-state index is -1.24. The first kappa shape index (κ1) is 19.8. The zero-order chi connectivity index (χ0) is 21.4. The van der Waals surface area contributed by atoms with Crippen molar-refractivity contribution >= 4 is 28.4 Å². The summed E-state index contributed by atoms with van der Waals surface area (Å²) in [5.41, 5.74) is 7.94. The van der Waals surface area contributed by atoms with Gasteiger partial charge in [-0.15, -0.1) is 0 Å². The molecule has 0 fully saturated rings. The van der Waals surface area contributed by atoms with Crippen LogP contribution in [-0.2, 0) is 20.9 Å². The summed E-state index contributed by atoms with van der Waals surface area (Å²) in [4.78, 5) is 26.1. The van der Waals surface area contributed by atoms with Crippen LogP contribution >= 0.6 is 0 Å². The van der Waals surface area contributed by atoms with E-state index < -0.39 is 35.8 Å². The minimum absolute atomic E-state index is 0.265. The highest BCUT2D eigenvalue weighted by atomic mass is 19.1. The largest absolute Gasteiger partial charge is 0.480 e. The fourth-order valence-corrected chi connectivity index (χ4v) is 4.32. The zero-order valence-electron chi connectivity index (χ0n) is 16.3. The van der Waals surface area contributed by atoms with Crippen LogP contribution in [0.5, 0.6) is 0 Å². The van der Waals surface area contributed by atoms with Gasteiger partial charge in [-0.1, -0.05) is 42.5 Å². The number of nitrogens with zero attached hydrogens (tertiary/aromatic N) is 1. The molecule has 0 saturated carbocycles. The molecule has 0 bridgehead atoms. The monoisotopic (exact) mass is 408 g/mol. The number of halogens is 1. The molecule has 3 unspecified atom stereocenters. The summed E-state index contributed by atoms with van der Waals surface area (Å²) in [7, 11) is 1.19. The highest BCUT2D eigenvalue weighted by molar-refractivity contribution is 5.90. The molecule has 154 valence electrons. The fourth-order valence-electron chi connectivity index (χ4n) is 4.32. The summed E-state index contributed by atoms with van der Waals surface area (Å²) in [6.07, 6.45) is 0. The van der Waals surface area contributed by atoms with E-state index in [1.807, 2.05) is 42.5 Å². The number of nitrogens with two attached hydrogens (primary N) is 1. The SMILES string of the molecule is COC(=O)C(N)C1c2cc(F)ccc2N(Cc2cccc3ccccc23)C1C(=O)O. The third-order valence-corrected chi connectivity index (χ3v) is 5.67. The standard InChI is InChI=1S/C23H21FN2O4/c1-30-23(29)20(25)19-17-11-15(24)9-10-18(17)26(21(19)22(27)28)12-14-7-4-6-13-5-2-3-8-16(13)14/h2-11,19-21H,12,25H2,1H3,(H,27,28). The number of carbonyl (C=O) groups is 2. The van der Waals surface area contributed by atoms with Gasteiger partial charge >= 0.3 is 11.9 Å². The summed E-state index contributed by atoms with van der Waals surface area (Å²) in [6, 6.07) is 15.3. The lowest BCUT2D eigenvalue weighted by atomic mass is 9.88. The van der Waals surface area contributed by atoms with E-state index in [9.17, 15) is 19.1 Å². The van der Waals surface area contributed by atoms with Crippen LogP contribution in [0.15, 0.2) is 60.7 Å². The second-order valence-corrected chi connectivity index (χ2v) is 7.33. The van der Waals surface area contributed by atoms with Crippen LogP contribution < -0.4 is 10.6 Å². The Morgan fingerprint density at radius 3 is 2.63 bits per heavy atom. The lowest BCUT2D eigenvalue weighted by molar-refractivity contribution is -0.144. The number of aliphatic carboxylic acids is 1. The fraction of sp³-hybridized carbons (Fsp3) is 0.217. The van der Waals surface area contributed by atoms with Gasteiger partial charge in [0.2, 0.25) is 0 Å². The minimum Gasteiger partial charge on any atom is -0.480 e. The first-order valence-electron chi connectivity index (χ1n) is 9.51. The van der Waals surface area contributed by atoms with Crippen molar-refractivity contribution in [2.24, 2.45) is 5.73 Å². The summed E-state index contributed by atoms with van der Waals surface area (Å²) < 4.78 is 18.8. The molecule has 6 nitrogen and oxygen atoms in total. The topological polar surface area (TPSA) is 92.9 Å². The smallest absolute Gasteiger partial charge is 0.327 e. The van der Waals surface area contributed by atoms with Crippen molar-refractivity contribution in [3.05, 3.63) is 77.6 Å². The van der Waals surface area contributed by atoms with Crippen molar-refractivity contribution in [1.29, 1.82) is 0 Å². The van der Waals surface area contributed by atoms with Crippen molar-refractivity contribution in [3.8, 4) is 0 Å². The van der Waals surface area contributed by atoms with Crippen molar-refractivity contribution < 1.29 is 23.8 Å². The van der Waals surface area contributed by atoms with Gasteiger partial charge in [0.25, 0.3) is 0 Å². The number of carbonyl (C=O) groups excluding carboxylic acids is 1. The van der Waals surface area contributed by atoms with Gasteiger partial charge in [0.15, 0.2) is 0 Å². The van der Waals surface area contributed by atoms with E-state index in [-0.39, 0.29) is 6.54 Å². The number of hydrogen-bond acceptors (Lipinski definition) is 5. The number of fused-ring (bicyclic) bond motifs is 2. The summed E-state index contributed by atoms with van der Waals surface area (Å²) >= 11 is 0. The predicted molar refractivity (Wildman–Crippen MR) is 111 cm³/mol. The van der Waals surface area contributed by atoms with Gasteiger partial charge < -0.3 is 20.5 Å². The Bertz CT molecular complexity index is 1130. The summed E-state index contributed by atoms with van der Waals surface area (Å²) in [6.45, 7) is 0.265. The van der Waals surface area contributed by atoms with Crippen LogP contribution in [-0.4, -0.2) is 36.2 Å². The molecular formula is C23H21FN2O4. The Hall–Kier alpha value is -3.45. The molecule has 1 aliphatic rings. The number of benzene rings is 3. The molecule has 0 aliphatic carbocycles. The number of carboxylic acid groups (broad SMARTS) is 1. The molecule has 0 saturated heterocycles. The van der Waals surface area contributed by atoms with Crippen LogP contribution in [0.2, 0.25) is 0 Å². The van der Waals surface area contributed by atoms with Gasteiger partial charge in [-0.05, 0) is 40.1 Å². The number of hydrogen-bond donors (Lipinski definition) is 2. The van der Waals surface area contributed by atoms with Gasteiger partial charge in [0.05, 0.1) is 7.11 Å². The number of methoxy groups -OCH3 is 1. The molecule has 3 aromatic rings. The number of esters is 1. The quantitative estimate of drug-likeness (QED) is 0.631. The Balaban J connectivity index is 1.84. The average molecular weight is 408 g/mol. The normalized spacial score (nSPS) is 18.8. The highest BCUT2D eigenvalue weighted by Crippen LogP contribution is 2.44. The Morgan fingerprint density at radius 1 is 1.17 bits per heavy atom. The molecule has 3 atom stereocenters. The van der Waals surface area contributed by atoms with E-state index in [0.717, 1.165) is 16.3 Å². The second-order valence-electron chi connectivity index (χ2n) is 7.33. The molecule has 1 heterocycles. The molecule has 0 aromatic heterocycles. The maximum absolute atomic E-state index is 14.0. The lowest BCUT2D eigenvalue weighted by Crippen LogP contribution is -2.49. The molecule has 4 rings (SSSR count). The van der Waals surface area contributed by atoms with Crippen molar-refractivity contribution in [2.45, 2.75) is 24.5 Å². The third kappa shape index (κ3) is 3.27. The summed E-state index contributed by atoms with van der Waals surface area (Å²) in [5, 5.41) is 12.1. The number of anilines is 1. The molecule has 0 radical (unpaired) electrons. The predicted octanol–water partition coefficient (Wildman–Crippen LogP) is 3.04. The molecule has 0 amide bonds. The van der Waals surface area contributed by atoms with E-state index in [4.69, 9.17) is 10.5 Å². The number of carboxylic acids is 1. The molecule has 3 aromatic carbocycles. The van der Waals surface area contributed by atoms with Gasteiger partial charge in [-0.2, -0.15) is 0 Å². The Morgan fingerprint density at radius 2 is 1.90 bits per heavy atom. The van der Waals surface area contributed by atoms with Gasteiger partial charge in [-0.25, -0.2) is 9.18 Å². The lowest BCUT2D eigenvalue weighted by Gasteiger charge is -2.29. The van der Waals surface area contributed by atoms with Crippen LogP contribution in [0.3, 0.4) is 0 Å². The third-order valence-electron chi connectivity index (χ3n) is 5.67. The molecule has 1 aliphatic heterocycles. The van der Waals surface area contributed by atoms with Crippen LogP contribution in [0.25, 0.3) is 10.8 Å². The highest BCUT2D eigenvalue weighted by Gasteiger charge is 2.48. The Labute approximate surface area is 172 Å². The molecule has 7 heteroatoms. The molecule has 0 spiro atoms. The first-order chi connectivity index (χ1) is 14.4. The van der Waals surface area contributed by atoms with E-state index >= 15 is 0 Å². The van der Waals surface area contributed by atoms with E-state index in [1.165, 1.54) is 25.3 Å². The molecule has 3 N–H and O–H groups in total. The van der Waals surface area contributed by atoms with Crippen molar-refractivity contribution in [3.63, 3.8) is 0 Å². The first-order valence-corrected chi connectivity index (χ1v) is 9.51. The number of ether oxygens (including phenoxy) is 1.